The summed E-state index contributed by atoms with van der Waals surface area (Å²) in [6.45, 7) is 4.79. The van der Waals surface area contributed by atoms with Crippen molar-refractivity contribution in [3.05, 3.63) is 198 Å². The maximum atomic E-state index is 2.53. The van der Waals surface area contributed by atoms with Gasteiger partial charge in [0.2, 0.25) is 0 Å². The van der Waals surface area contributed by atoms with Crippen molar-refractivity contribution in [2.24, 2.45) is 0 Å². The van der Waals surface area contributed by atoms with E-state index in [9.17, 15) is 0 Å². The Morgan fingerprint density at radius 3 is 1.65 bits per heavy atom. The van der Waals surface area contributed by atoms with Crippen LogP contribution in [0.25, 0.3) is 65.7 Å². The van der Waals surface area contributed by atoms with Gasteiger partial charge in [0.05, 0.1) is 0 Å². The number of anilines is 3. The lowest BCUT2D eigenvalue weighted by molar-refractivity contribution is 0.661. The highest BCUT2D eigenvalue weighted by Crippen LogP contribution is 2.55. The van der Waals surface area contributed by atoms with Crippen LogP contribution in [0, 0.1) is 0 Å². The normalized spacial score (nSPS) is 14.1. The van der Waals surface area contributed by atoms with Crippen LogP contribution in [0.3, 0.4) is 0 Å². The van der Waals surface area contributed by atoms with E-state index in [0.717, 1.165) is 12.8 Å². The fourth-order valence-electron chi connectivity index (χ4n) is 9.84. The van der Waals surface area contributed by atoms with Crippen molar-refractivity contribution in [3.63, 3.8) is 0 Å². The first-order valence-electron chi connectivity index (χ1n) is 19.2. The highest BCUT2D eigenvalue weighted by atomic mass is 15.1. The Morgan fingerprint density at radius 1 is 0.389 bits per heavy atom. The maximum Gasteiger partial charge on any atom is 0.0494 e. The van der Waals surface area contributed by atoms with Gasteiger partial charge >= 0.3 is 0 Å². The third kappa shape index (κ3) is 4.45. The van der Waals surface area contributed by atoms with Gasteiger partial charge in [-0.15, -0.1) is 0 Å². The molecule has 2 aliphatic rings. The van der Waals surface area contributed by atoms with Gasteiger partial charge in [0.25, 0.3) is 0 Å². The molecule has 256 valence electrons. The standard InChI is InChI=1S/C53H39N/c1-53(2)46-26-14-13-25-44(46)52-39-20-8-7-19-38(39)45(33-47(52)53)51-42-23-11-9-21-40(42)50(41-22-10-12-24-43(41)51)36-30-31-49-35(32-36)29-28-34-16-6-15-27-48(34)54(49)37-17-4-3-5-18-37/h3-27,30-33H,28-29H2,1-2H3. The highest BCUT2D eigenvalue weighted by Gasteiger charge is 2.37. The molecule has 1 aliphatic heterocycles. The molecule has 0 aromatic heterocycles. The number of para-hydroxylation sites is 2. The average Bonchev–Trinajstić information content (AvgIpc) is 3.33. The van der Waals surface area contributed by atoms with E-state index in [-0.39, 0.29) is 5.41 Å². The Labute approximate surface area is 316 Å². The molecule has 0 spiro atoms. The number of fused-ring (bicyclic) bond motifs is 9. The second kappa shape index (κ2) is 11.8. The van der Waals surface area contributed by atoms with E-state index in [1.54, 1.807) is 0 Å². The summed E-state index contributed by atoms with van der Waals surface area (Å²) in [5, 5.41) is 7.79. The molecule has 1 heterocycles. The van der Waals surface area contributed by atoms with Crippen molar-refractivity contribution in [2.45, 2.75) is 32.1 Å². The number of rotatable bonds is 3. The third-order valence-electron chi connectivity index (χ3n) is 12.3. The highest BCUT2D eigenvalue weighted by molar-refractivity contribution is 6.24. The fourth-order valence-corrected chi connectivity index (χ4v) is 9.84. The zero-order valence-corrected chi connectivity index (χ0v) is 30.6. The topological polar surface area (TPSA) is 3.24 Å². The van der Waals surface area contributed by atoms with Gasteiger partial charge in [-0.05, 0) is 137 Å². The van der Waals surface area contributed by atoms with E-state index in [4.69, 9.17) is 0 Å². The Bertz CT molecular complexity index is 2910. The summed E-state index contributed by atoms with van der Waals surface area (Å²) in [5.41, 5.74) is 17.1. The van der Waals surface area contributed by atoms with E-state index in [0.29, 0.717) is 0 Å². The molecular weight excluding hydrogens is 651 g/mol. The molecule has 0 fully saturated rings. The van der Waals surface area contributed by atoms with Crippen molar-refractivity contribution in [3.8, 4) is 33.4 Å². The first kappa shape index (κ1) is 31.1. The molecular formula is C53H39N. The Kier molecular flexibility index (Phi) is 6.79. The van der Waals surface area contributed by atoms with Crippen LogP contribution in [0.1, 0.15) is 36.1 Å². The van der Waals surface area contributed by atoms with Gasteiger partial charge in [-0.1, -0.05) is 153 Å². The van der Waals surface area contributed by atoms with Gasteiger partial charge in [0.15, 0.2) is 0 Å². The summed E-state index contributed by atoms with van der Waals surface area (Å²) in [7, 11) is 0. The minimum Gasteiger partial charge on any atom is -0.310 e. The monoisotopic (exact) mass is 689 g/mol. The number of aryl methyl sites for hydroxylation is 2. The van der Waals surface area contributed by atoms with Gasteiger partial charge < -0.3 is 4.90 Å². The van der Waals surface area contributed by atoms with E-state index < -0.39 is 0 Å². The average molecular weight is 690 g/mol. The van der Waals surface area contributed by atoms with Gasteiger partial charge in [0.1, 0.15) is 0 Å². The van der Waals surface area contributed by atoms with E-state index in [2.05, 4.69) is 195 Å². The minimum atomic E-state index is -0.106. The molecule has 9 aromatic carbocycles. The van der Waals surface area contributed by atoms with Crippen molar-refractivity contribution < 1.29 is 0 Å². The molecule has 0 saturated heterocycles. The molecule has 0 unspecified atom stereocenters. The molecule has 54 heavy (non-hydrogen) atoms. The molecule has 1 aliphatic carbocycles. The molecule has 9 aromatic rings. The number of hydrogen-bond donors (Lipinski definition) is 0. The molecule has 1 nitrogen and oxygen atoms in total. The lowest BCUT2D eigenvalue weighted by Crippen LogP contribution is -2.15. The predicted octanol–water partition coefficient (Wildman–Crippen LogP) is 14.4. The van der Waals surface area contributed by atoms with Crippen LogP contribution in [-0.4, -0.2) is 0 Å². The van der Waals surface area contributed by atoms with Crippen LogP contribution < -0.4 is 4.90 Å². The lowest BCUT2D eigenvalue weighted by Gasteiger charge is -2.27. The Hall–Kier alpha value is -6.44. The molecule has 0 radical (unpaired) electrons. The Morgan fingerprint density at radius 2 is 0.926 bits per heavy atom. The smallest absolute Gasteiger partial charge is 0.0494 e. The van der Waals surface area contributed by atoms with Crippen molar-refractivity contribution >= 4 is 49.4 Å². The van der Waals surface area contributed by atoms with Crippen LogP contribution >= 0.6 is 0 Å². The molecule has 0 atom stereocenters. The summed E-state index contributed by atoms with van der Waals surface area (Å²) in [5.74, 6) is 0. The quantitative estimate of drug-likeness (QED) is 0.167. The largest absolute Gasteiger partial charge is 0.310 e. The Balaban J connectivity index is 1.17. The summed E-state index contributed by atoms with van der Waals surface area (Å²) in [6, 6.07) is 65.8. The second-order valence-electron chi connectivity index (χ2n) is 15.5. The first-order valence-corrected chi connectivity index (χ1v) is 19.2. The lowest BCUT2D eigenvalue weighted by atomic mass is 9.79. The van der Waals surface area contributed by atoms with Crippen LogP contribution in [0.2, 0.25) is 0 Å². The summed E-state index contributed by atoms with van der Waals surface area (Å²) in [6.07, 6.45) is 1.98. The van der Waals surface area contributed by atoms with Crippen LogP contribution in [0.5, 0.6) is 0 Å². The summed E-state index contributed by atoms with van der Waals surface area (Å²) >= 11 is 0. The maximum absolute atomic E-state index is 2.53. The molecule has 0 N–H and O–H groups in total. The van der Waals surface area contributed by atoms with E-state index in [1.807, 2.05) is 0 Å². The minimum absolute atomic E-state index is 0.106. The first-order chi connectivity index (χ1) is 26.6. The van der Waals surface area contributed by atoms with Gasteiger partial charge in [-0.25, -0.2) is 0 Å². The molecule has 0 amide bonds. The predicted molar refractivity (Wildman–Crippen MR) is 229 cm³/mol. The zero-order chi connectivity index (χ0) is 36.0. The van der Waals surface area contributed by atoms with E-state index in [1.165, 1.54) is 105 Å². The third-order valence-corrected chi connectivity index (χ3v) is 12.3. The van der Waals surface area contributed by atoms with Crippen molar-refractivity contribution in [1.82, 2.24) is 0 Å². The number of nitrogens with zero attached hydrogens (tertiary/aromatic N) is 1. The van der Waals surface area contributed by atoms with Crippen LogP contribution in [-0.2, 0) is 18.3 Å². The van der Waals surface area contributed by atoms with Gasteiger partial charge in [0, 0.05) is 22.5 Å². The summed E-state index contributed by atoms with van der Waals surface area (Å²) < 4.78 is 0. The second-order valence-corrected chi connectivity index (χ2v) is 15.5. The number of hydrogen-bond acceptors (Lipinski definition) is 1. The van der Waals surface area contributed by atoms with Gasteiger partial charge in [-0.2, -0.15) is 0 Å². The zero-order valence-electron chi connectivity index (χ0n) is 30.6. The molecule has 0 bridgehead atoms. The number of benzene rings is 9. The van der Waals surface area contributed by atoms with Crippen LogP contribution in [0.15, 0.2) is 176 Å². The van der Waals surface area contributed by atoms with Crippen molar-refractivity contribution in [1.29, 1.82) is 0 Å². The SMILES string of the molecule is CC1(C)c2ccccc2-c2c1cc(-c1c3ccccc3c(-c3ccc4c(c3)CCc3ccccc3N4c3ccccc3)c3ccccc13)c1ccccc21. The molecule has 0 saturated carbocycles. The molecule has 1 heteroatoms. The van der Waals surface area contributed by atoms with Gasteiger partial charge in [-0.3, -0.25) is 0 Å². The van der Waals surface area contributed by atoms with Crippen molar-refractivity contribution in [2.75, 3.05) is 4.90 Å². The van der Waals surface area contributed by atoms with Crippen LogP contribution in [0.4, 0.5) is 17.1 Å². The fraction of sp³-hybridized carbons (Fsp3) is 0.0943. The summed E-state index contributed by atoms with van der Waals surface area (Å²) in [4.78, 5) is 2.46. The molecule has 11 rings (SSSR count). The van der Waals surface area contributed by atoms with E-state index >= 15 is 0 Å².